The Labute approximate surface area is 125 Å². The molecule has 3 nitrogen and oxygen atoms in total. The van der Waals surface area contributed by atoms with Crippen LogP contribution in [0.2, 0.25) is 0 Å². The van der Waals surface area contributed by atoms with E-state index in [4.69, 9.17) is 4.74 Å². The van der Waals surface area contributed by atoms with Gasteiger partial charge in [0.15, 0.2) is 0 Å². The van der Waals surface area contributed by atoms with Crippen LogP contribution in [-0.2, 0) is 0 Å². The average molecular weight is 280 g/mol. The van der Waals surface area contributed by atoms with E-state index in [-0.39, 0.29) is 6.10 Å². The molecule has 0 amide bonds. The van der Waals surface area contributed by atoms with E-state index in [1.807, 2.05) is 31.4 Å². The van der Waals surface area contributed by atoms with Gasteiger partial charge >= 0.3 is 0 Å². The maximum atomic E-state index is 6.31. The monoisotopic (exact) mass is 280 g/mol. The van der Waals surface area contributed by atoms with Gasteiger partial charge in [-0.1, -0.05) is 36.4 Å². The molecule has 21 heavy (non-hydrogen) atoms. The van der Waals surface area contributed by atoms with Gasteiger partial charge in [-0.25, -0.2) is 0 Å². The summed E-state index contributed by atoms with van der Waals surface area (Å²) < 4.78 is 6.31. The van der Waals surface area contributed by atoms with Gasteiger partial charge < -0.3 is 15.0 Å². The van der Waals surface area contributed by atoms with Crippen molar-refractivity contribution in [3.63, 3.8) is 0 Å². The molecule has 3 rings (SSSR count). The molecule has 0 spiro atoms. The molecule has 2 N–H and O–H groups in total. The Hall–Kier alpha value is -2.26. The number of fused-ring (bicyclic) bond motifs is 1. The third-order valence-corrected chi connectivity index (χ3v) is 3.65. The molecule has 0 saturated carbocycles. The van der Waals surface area contributed by atoms with Crippen molar-refractivity contribution in [3.05, 3.63) is 66.4 Å². The summed E-state index contributed by atoms with van der Waals surface area (Å²) >= 11 is 0. The molecule has 3 aromatic rings. The third-order valence-electron chi connectivity index (χ3n) is 3.65. The fraction of sp³-hybridized carbons (Fsp3) is 0.222. The Morgan fingerprint density at radius 3 is 2.71 bits per heavy atom. The molecular formula is C18H20N2O. The average Bonchev–Trinajstić information content (AvgIpc) is 3.01. The summed E-state index contributed by atoms with van der Waals surface area (Å²) in [4.78, 5) is 3.22. The highest BCUT2D eigenvalue weighted by molar-refractivity contribution is 5.85. The van der Waals surface area contributed by atoms with Crippen LogP contribution in [0.1, 0.15) is 18.1 Å². The van der Waals surface area contributed by atoms with Crippen LogP contribution in [-0.4, -0.2) is 18.6 Å². The fourth-order valence-electron chi connectivity index (χ4n) is 2.55. The predicted octanol–water partition coefficient (Wildman–Crippen LogP) is 3.90. The zero-order chi connectivity index (χ0) is 14.5. The standard InChI is InChI=1S/C18H20N2O/c1-19-12-11-17(14-6-3-2-4-7-14)21-18-9-5-8-16-15(18)10-13-20-16/h2-10,13,17,19-20H,11-12H2,1H3/t17-/m0/s1. The van der Waals surface area contributed by atoms with Crippen LogP contribution in [0.4, 0.5) is 0 Å². The molecule has 0 bridgehead atoms. The second-order valence-electron chi connectivity index (χ2n) is 5.10. The molecular weight excluding hydrogens is 260 g/mol. The van der Waals surface area contributed by atoms with Gasteiger partial charge in [0, 0.05) is 23.5 Å². The maximum Gasteiger partial charge on any atom is 0.129 e. The van der Waals surface area contributed by atoms with Crippen LogP contribution in [0, 0.1) is 0 Å². The van der Waals surface area contributed by atoms with E-state index in [0.717, 1.165) is 29.6 Å². The maximum absolute atomic E-state index is 6.31. The molecule has 0 saturated heterocycles. The number of nitrogens with one attached hydrogen (secondary N) is 2. The van der Waals surface area contributed by atoms with Crippen molar-refractivity contribution in [2.75, 3.05) is 13.6 Å². The van der Waals surface area contributed by atoms with Crippen molar-refractivity contribution < 1.29 is 4.74 Å². The second kappa shape index (κ2) is 6.46. The Bertz CT molecular complexity index is 691. The number of hydrogen-bond acceptors (Lipinski definition) is 2. The molecule has 0 aliphatic carbocycles. The Kier molecular flexibility index (Phi) is 4.22. The molecule has 0 aliphatic rings. The van der Waals surface area contributed by atoms with E-state index in [2.05, 4.69) is 46.7 Å². The number of benzene rings is 2. The van der Waals surface area contributed by atoms with Crippen molar-refractivity contribution in [1.29, 1.82) is 0 Å². The first-order valence-electron chi connectivity index (χ1n) is 7.31. The summed E-state index contributed by atoms with van der Waals surface area (Å²) in [6.45, 7) is 0.919. The fourth-order valence-corrected chi connectivity index (χ4v) is 2.55. The van der Waals surface area contributed by atoms with Crippen molar-refractivity contribution in [2.24, 2.45) is 0 Å². The topological polar surface area (TPSA) is 37.0 Å². The normalized spacial score (nSPS) is 12.4. The number of ether oxygens (including phenoxy) is 1. The third kappa shape index (κ3) is 3.09. The van der Waals surface area contributed by atoms with Crippen LogP contribution in [0.25, 0.3) is 10.9 Å². The molecule has 1 atom stereocenters. The van der Waals surface area contributed by atoms with Gasteiger partial charge in [-0.05, 0) is 37.4 Å². The molecule has 0 unspecified atom stereocenters. The van der Waals surface area contributed by atoms with Gasteiger partial charge in [-0.2, -0.15) is 0 Å². The lowest BCUT2D eigenvalue weighted by atomic mass is 10.1. The predicted molar refractivity (Wildman–Crippen MR) is 86.7 cm³/mol. The van der Waals surface area contributed by atoms with Gasteiger partial charge in [-0.15, -0.1) is 0 Å². The lowest BCUT2D eigenvalue weighted by molar-refractivity contribution is 0.197. The van der Waals surface area contributed by atoms with E-state index in [9.17, 15) is 0 Å². The highest BCUT2D eigenvalue weighted by atomic mass is 16.5. The number of aromatic amines is 1. The SMILES string of the molecule is CNCC[C@H](Oc1cccc2[nH]ccc12)c1ccccc1. The first-order chi connectivity index (χ1) is 10.4. The van der Waals surface area contributed by atoms with Crippen LogP contribution in [0.15, 0.2) is 60.8 Å². The van der Waals surface area contributed by atoms with E-state index in [1.165, 1.54) is 5.56 Å². The number of H-pyrrole nitrogens is 1. The minimum Gasteiger partial charge on any atom is -0.485 e. The minimum atomic E-state index is 0.0548. The van der Waals surface area contributed by atoms with Crippen LogP contribution < -0.4 is 10.1 Å². The summed E-state index contributed by atoms with van der Waals surface area (Å²) in [6.07, 6.45) is 2.93. The van der Waals surface area contributed by atoms with E-state index in [1.54, 1.807) is 0 Å². The first-order valence-corrected chi connectivity index (χ1v) is 7.31. The lowest BCUT2D eigenvalue weighted by Gasteiger charge is -2.20. The van der Waals surface area contributed by atoms with Crippen molar-refractivity contribution in [1.82, 2.24) is 10.3 Å². The van der Waals surface area contributed by atoms with E-state index < -0.39 is 0 Å². The highest BCUT2D eigenvalue weighted by Crippen LogP contribution is 2.30. The Balaban J connectivity index is 1.89. The quantitative estimate of drug-likeness (QED) is 0.718. The summed E-state index contributed by atoms with van der Waals surface area (Å²) in [5.74, 6) is 0.929. The van der Waals surface area contributed by atoms with Gasteiger partial charge in [0.05, 0.1) is 0 Å². The van der Waals surface area contributed by atoms with Crippen molar-refractivity contribution in [3.8, 4) is 5.75 Å². The summed E-state index contributed by atoms with van der Waals surface area (Å²) in [6, 6.07) is 18.6. The largest absolute Gasteiger partial charge is 0.485 e. The van der Waals surface area contributed by atoms with E-state index >= 15 is 0 Å². The summed E-state index contributed by atoms with van der Waals surface area (Å²) in [5, 5.41) is 4.33. The zero-order valence-electron chi connectivity index (χ0n) is 12.2. The lowest BCUT2D eigenvalue weighted by Crippen LogP contribution is -2.16. The molecule has 2 aromatic carbocycles. The van der Waals surface area contributed by atoms with Gasteiger partial charge in [0.1, 0.15) is 11.9 Å². The molecule has 1 heterocycles. The molecule has 0 radical (unpaired) electrons. The first kappa shape index (κ1) is 13.7. The Morgan fingerprint density at radius 1 is 1.05 bits per heavy atom. The number of aromatic nitrogens is 1. The van der Waals surface area contributed by atoms with Crippen molar-refractivity contribution >= 4 is 10.9 Å². The summed E-state index contributed by atoms with van der Waals surface area (Å²) in [5.41, 5.74) is 2.31. The molecule has 0 aliphatic heterocycles. The zero-order valence-corrected chi connectivity index (χ0v) is 12.2. The summed E-state index contributed by atoms with van der Waals surface area (Å²) in [7, 11) is 1.97. The van der Waals surface area contributed by atoms with E-state index in [0.29, 0.717) is 0 Å². The van der Waals surface area contributed by atoms with Gasteiger partial charge in [0.2, 0.25) is 0 Å². The second-order valence-corrected chi connectivity index (χ2v) is 5.10. The van der Waals surface area contributed by atoms with Crippen molar-refractivity contribution in [2.45, 2.75) is 12.5 Å². The molecule has 108 valence electrons. The Morgan fingerprint density at radius 2 is 1.90 bits per heavy atom. The smallest absolute Gasteiger partial charge is 0.129 e. The van der Waals surface area contributed by atoms with Gasteiger partial charge in [-0.3, -0.25) is 0 Å². The highest BCUT2D eigenvalue weighted by Gasteiger charge is 2.14. The number of hydrogen-bond donors (Lipinski definition) is 2. The molecule has 1 aromatic heterocycles. The van der Waals surface area contributed by atoms with Crippen LogP contribution in [0.5, 0.6) is 5.75 Å². The van der Waals surface area contributed by atoms with Crippen LogP contribution in [0.3, 0.4) is 0 Å². The van der Waals surface area contributed by atoms with Gasteiger partial charge in [0.25, 0.3) is 0 Å². The molecule has 3 heteroatoms. The minimum absolute atomic E-state index is 0.0548. The number of rotatable bonds is 6. The van der Waals surface area contributed by atoms with Crippen LogP contribution >= 0.6 is 0 Å². The molecule has 0 fully saturated rings.